The molecule has 1 amide bonds. The van der Waals surface area contributed by atoms with Crippen LogP contribution in [0.15, 0.2) is 0 Å². The van der Waals surface area contributed by atoms with Gasteiger partial charge in [-0.2, -0.15) is 0 Å². The van der Waals surface area contributed by atoms with Crippen LogP contribution in [0.1, 0.15) is 38.1 Å². The lowest BCUT2D eigenvalue weighted by molar-refractivity contribution is -0.122. The van der Waals surface area contributed by atoms with E-state index >= 15 is 0 Å². The maximum atomic E-state index is 11.4. The quantitative estimate of drug-likeness (QED) is 0.867. The van der Waals surface area contributed by atoms with Crippen molar-refractivity contribution in [2.45, 2.75) is 46.1 Å². The predicted molar refractivity (Wildman–Crippen MR) is 79.9 cm³/mol. The van der Waals surface area contributed by atoms with Gasteiger partial charge in [-0.1, -0.05) is 18.5 Å². The molecule has 20 heavy (non-hydrogen) atoms. The summed E-state index contributed by atoms with van der Waals surface area (Å²) in [6.07, 6.45) is 2.50. The van der Waals surface area contributed by atoms with E-state index in [2.05, 4.69) is 21.8 Å². The van der Waals surface area contributed by atoms with Crippen molar-refractivity contribution in [2.24, 2.45) is 11.7 Å². The largest absolute Gasteiger partial charge is 0.369 e. The van der Waals surface area contributed by atoms with Crippen LogP contribution in [0, 0.1) is 12.8 Å². The fraction of sp³-hybridized carbons (Fsp3) is 0.643. The zero-order valence-electron chi connectivity index (χ0n) is 12.2. The number of nitrogens with zero attached hydrogens (tertiary/aromatic N) is 3. The van der Waals surface area contributed by atoms with Crippen molar-refractivity contribution in [1.29, 1.82) is 0 Å². The van der Waals surface area contributed by atoms with E-state index in [1.807, 2.05) is 13.8 Å². The summed E-state index contributed by atoms with van der Waals surface area (Å²) in [5, 5.41) is 0.486. The summed E-state index contributed by atoms with van der Waals surface area (Å²) in [4.78, 5) is 22.4. The highest BCUT2D eigenvalue weighted by atomic mass is 35.5. The number of hydrogen-bond donors (Lipinski definition) is 1. The van der Waals surface area contributed by atoms with Gasteiger partial charge in [0.2, 0.25) is 5.91 Å². The van der Waals surface area contributed by atoms with Crippen LogP contribution in [0.4, 0.5) is 5.82 Å². The average molecular weight is 297 g/mol. The van der Waals surface area contributed by atoms with Gasteiger partial charge >= 0.3 is 0 Å². The predicted octanol–water partition coefficient (Wildman–Crippen LogP) is 2.09. The van der Waals surface area contributed by atoms with Gasteiger partial charge in [0.25, 0.3) is 0 Å². The Morgan fingerprint density at radius 2 is 2.15 bits per heavy atom. The lowest BCUT2D eigenvalue weighted by atomic mass is 9.92. The molecule has 1 fully saturated rings. The van der Waals surface area contributed by atoms with Gasteiger partial charge in [0.1, 0.15) is 16.8 Å². The highest BCUT2D eigenvalue weighted by molar-refractivity contribution is 6.30. The summed E-state index contributed by atoms with van der Waals surface area (Å²) < 4.78 is 0. The molecule has 5 nitrogen and oxygen atoms in total. The molecule has 2 N–H and O–H groups in total. The first-order chi connectivity index (χ1) is 9.43. The maximum absolute atomic E-state index is 11.4. The number of aromatic nitrogens is 2. The van der Waals surface area contributed by atoms with Gasteiger partial charge in [-0.3, -0.25) is 4.79 Å². The Bertz CT molecular complexity index is 520. The Labute approximate surface area is 124 Å². The van der Waals surface area contributed by atoms with Crippen molar-refractivity contribution in [2.75, 3.05) is 11.4 Å². The summed E-state index contributed by atoms with van der Waals surface area (Å²) >= 11 is 6.19. The van der Waals surface area contributed by atoms with Gasteiger partial charge in [-0.05, 0) is 26.7 Å². The van der Waals surface area contributed by atoms with E-state index in [1.165, 1.54) is 0 Å². The Morgan fingerprint density at radius 3 is 2.75 bits per heavy atom. The van der Waals surface area contributed by atoms with E-state index in [-0.39, 0.29) is 11.8 Å². The molecule has 1 aromatic heterocycles. The van der Waals surface area contributed by atoms with Crippen molar-refractivity contribution < 1.29 is 4.79 Å². The van der Waals surface area contributed by atoms with Crippen LogP contribution in [0.2, 0.25) is 5.15 Å². The third-order valence-corrected chi connectivity index (χ3v) is 4.35. The Balaban J connectivity index is 2.37. The zero-order chi connectivity index (χ0) is 14.9. The first kappa shape index (κ1) is 15.0. The lowest BCUT2D eigenvalue weighted by Crippen LogP contribution is -2.46. The molecule has 2 atom stereocenters. The molecule has 110 valence electrons. The third kappa shape index (κ3) is 2.87. The molecule has 1 aliphatic rings. The van der Waals surface area contributed by atoms with Crippen LogP contribution >= 0.6 is 11.6 Å². The van der Waals surface area contributed by atoms with Crippen molar-refractivity contribution >= 4 is 23.3 Å². The summed E-state index contributed by atoms with van der Waals surface area (Å²) in [6.45, 7) is 6.65. The number of anilines is 1. The number of carbonyl (C=O) groups excluding carboxylic acids is 1. The van der Waals surface area contributed by atoms with Crippen LogP contribution in [0.25, 0.3) is 0 Å². The number of nitrogens with two attached hydrogens (primary N) is 1. The van der Waals surface area contributed by atoms with Crippen molar-refractivity contribution in [1.82, 2.24) is 9.97 Å². The van der Waals surface area contributed by atoms with E-state index in [1.54, 1.807) is 0 Å². The van der Waals surface area contributed by atoms with Crippen molar-refractivity contribution in [3.63, 3.8) is 0 Å². The Hall–Kier alpha value is -1.36. The smallest absolute Gasteiger partial charge is 0.222 e. The SMILES string of the molecule is CCc1nc(Cl)c(C)c(N2CC(C(N)=O)CCC2C)n1. The fourth-order valence-electron chi connectivity index (χ4n) is 2.59. The second-order valence-electron chi connectivity index (χ2n) is 5.41. The Kier molecular flexibility index (Phi) is 4.48. The Morgan fingerprint density at radius 1 is 1.45 bits per heavy atom. The zero-order valence-corrected chi connectivity index (χ0v) is 12.9. The van der Waals surface area contributed by atoms with Gasteiger partial charge in [0.05, 0.1) is 5.92 Å². The minimum absolute atomic E-state index is 0.121. The third-order valence-electron chi connectivity index (χ3n) is 3.98. The van der Waals surface area contributed by atoms with E-state index in [9.17, 15) is 4.79 Å². The summed E-state index contributed by atoms with van der Waals surface area (Å²) in [5.74, 6) is 1.20. The van der Waals surface area contributed by atoms with Crippen LogP contribution in [0.5, 0.6) is 0 Å². The minimum Gasteiger partial charge on any atom is -0.369 e. The number of halogens is 1. The van der Waals surface area contributed by atoms with Gasteiger partial charge in [-0.15, -0.1) is 0 Å². The number of piperidine rings is 1. The highest BCUT2D eigenvalue weighted by Gasteiger charge is 2.30. The van der Waals surface area contributed by atoms with Crippen LogP contribution in [-0.2, 0) is 11.2 Å². The number of aryl methyl sites for hydroxylation is 1. The second kappa shape index (κ2) is 5.95. The molecule has 2 rings (SSSR count). The second-order valence-corrected chi connectivity index (χ2v) is 5.77. The van der Waals surface area contributed by atoms with Crippen LogP contribution in [0.3, 0.4) is 0 Å². The summed E-state index contributed by atoms with van der Waals surface area (Å²) in [5.41, 5.74) is 6.31. The molecule has 1 aromatic rings. The molecule has 0 aromatic carbocycles. The molecule has 0 spiro atoms. The van der Waals surface area contributed by atoms with Crippen LogP contribution < -0.4 is 10.6 Å². The number of hydrogen-bond acceptors (Lipinski definition) is 4. The number of carbonyl (C=O) groups is 1. The van der Waals surface area contributed by atoms with Gasteiger partial charge < -0.3 is 10.6 Å². The molecule has 0 radical (unpaired) electrons. The highest BCUT2D eigenvalue weighted by Crippen LogP contribution is 2.31. The molecule has 0 saturated carbocycles. The molecule has 2 heterocycles. The summed E-state index contributed by atoms with van der Waals surface area (Å²) in [6, 6.07) is 0.319. The number of primary amides is 1. The first-order valence-corrected chi connectivity index (χ1v) is 7.40. The van der Waals surface area contributed by atoms with E-state index in [4.69, 9.17) is 17.3 Å². The lowest BCUT2D eigenvalue weighted by Gasteiger charge is -2.38. The maximum Gasteiger partial charge on any atom is 0.222 e. The molecular formula is C14H21ClN4O. The molecule has 0 bridgehead atoms. The molecular weight excluding hydrogens is 276 g/mol. The monoisotopic (exact) mass is 296 g/mol. The molecule has 2 unspecified atom stereocenters. The topological polar surface area (TPSA) is 72.1 Å². The normalized spacial score (nSPS) is 22.9. The van der Waals surface area contributed by atoms with Gasteiger partial charge in [-0.25, -0.2) is 9.97 Å². The molecule has 6 heteroatoms. The molecule has 1 saturated heterocycles. The van der Waals surface area contributed by atoms with Crippen molar-refractivity contribution in [3.8, 4) is 0 Å². The van der Waals surface area contributed by atoms with Gasteiger partial charge in [0.15, 0.2) is 0 Å². The van der Waals surface area contributed by atoms with E-state index < -0.39 is 0 Å². The van der Waals surface area contributed by atoms with Crippen molar-refractivity contribution in [3.05, 3.63) is 16.5 Å². The van der Waals surface area contributed by atoms with Crippen LogP contribution in [-0.4, -0.2) is 28.5 Å². The molecule has 1 aliphatic heterocycles. The first-order valence-electron chi connectivity index (χ1n) is 7.03. The van der Waals surface area contributed by atoms with E-state index in [0.717, 1.165) is 36.5 Å². The average Bonchev–Trinajstić information content (AvgIpc) is 2.42. The fourth-order valence-corrected chi connectivity index (χ4v) is 2.77. The molecule has 0 aliphatic carbocycles. The van der Waals surface area contributed by atoms with E-state index in [0.29, 0.717) is 17.7 Å². The summed E-state index contributed by atoms with van der Waals surface area (Å²) in [7, 11) is 0. The number of amides is 1. The van der Waals surface area contributed by atoms with Gasteiger partial charge in [0, 0.05) is 24.6 Å². The standard InChI is InChI=1S/C14H21ClN4O/c1-4-11-17-12(15)9(3)14(18-11)19-7-10(13(16)20)6-5-8(19)2/h8,10H,4-7H2,1-3H3,(H2,16,20). The minimum atomic E-state index is -0.240. The number of rotatable bonds is 3.